The number of aliphatic hydroxyl groups excluding tert-OH is 2. The number of carbonyl (C=O) groups excluding carboxylic acids is 2. The molecule has 0 aromatic rings. The molecular formula is C76H149NO5. The maximum absolute atomic E-state index is 12.5. The highest BCUT2D eigenvalue weighted by molar-refractivity contribution is 5.76. The molecule has 0 rings (SSSR count). The first-order valence-electron chi connectivity index (χ1n) is 37.9. The average Bonchev–Trinajstić information content (AvgIpc) is 3.48. The average molecular weight is 1160 g/mol. The second-order valence-electron chi connectivity index (χ2n) is 26.3. The molecular weight excluding hydrogens is 1010 g/mol. The molecule has 0 aliphatic rings. The summed E-state index contributed by atoms with van der Waals surface area (Å²) in [7, 11) is 0. The van der Waals surface area contributed by atoms with Gasteiger partial charge in [0, 0.05) is 12.8 Å². The van der Waals surface area contributed by atoms with Crippen molar-refractivity contribution in [3.63, 3.8) is 0 Å². The van der Waals surface area contributed by atoms with Crippen molar-refractivity contribution in [1.82, 2.24) is 5.32 Å². The third kappa shape index (κ3) is 67.7. The van der Waals surface area contributed by atoms with Crippen LogP contribution < -0.4 is 5.32 Å². The molecule has 6 nitrogen and oxygen atoms in total. The Bertz CT molecular complexity index is 1240. The van der Waals surface area contributed by atoms with Crippen LogP contribution in [0.3, 0.4) is 0 Å². The number of allylic oxidation sites excluding steroid dienone is 2. The van der Waals surface area contributed by atoms with E-state index in [1.54, 1.807) is 0 Å². The molecule has 6 heteroatoms. The molecule has 0 fully saturated rings. The van der Waals surface area contributed by atoms with E-state index in [-0.39, 0.29) is 18.5 Å². The molecule has 2 atom stereocenters. The van der Waals surface area contributed by atoms with Crippen molar-refractivity contribution >= 4 is 11.9 Å². The van der Waals surface area contributed by atoms with Gasteiger partial charge in [-0.05, 0) is 51.4 Å². The predicted octanol–water partition coefficient (Wildman–Crippen LogP) is 24.7. The van der Waals surface area contributed by atoms with Crippen molar-refractivity contribution in [1.29, 1.82) is 0 Å². The predicted molar refractivity (Wildman–Crippen MR) is 361 cm³/mol. The van der Waals surface area contributed by atoms with Gasteiger partial charge in [-0.1, -0.05) is 386 Å². The van der Waals surface area contributed by atoms with E-state index in [2.05, 4.69) is 31.3 Å². The van der Waals surface area contributed by atoms with Crippen LogP contribution in [0.25, 0.3) is 0 Å². The lowest BCUT2D eigenvalue weighted by molar-refractivity contribution is -0.143. The summed E-state index contributed by atoms with van der Waals surface area (Å²) >= 11 is 0. The molecule has 0 bridgehead atoms. The molecule has 0 saturated heterocycles. The van der Waals surface area contributed by atoms with Crippen molar-refractivity contribution in [3.05, 3.63) is 12.2 Å². The van der Waals surface area contributed by atoms with E-state index < -0.39 is 12.1 Å². The summed E-state index contributed by atoms with van der Waals surface area (Å²) in [5.74, 6) is -0.00380. The van der Waals surface area contributed by atoms with Gasteiger partial charge in [0.15, 0.2) is 0 Å². The molecule has 488 valence electrons. The smallest absolute Gasteiger partial charge is 0.305 e. The van der Waals surface area contributed by atoms with Gasteiger partial charge in [0.1, 0.15) is 0 Å². The molecule has 0 aromatic heterocycles. The Morgan fingerprint density at radius 2 is 0.573 bits per heavy atom. The van der Waals surface area contributed by atoms with E-state index in [0.717, 1.165) is 38.5 Å². The van der Waals surface area contributed by atoms with Crippen LogP contribution >= 0.6 is 0 Å². The number of hydrogen-bond donors (Lipinski definition) is 3. The lowest BCUT2D eigenvalue weighted by Gasteiger charge is -2.22. The minimum absolute atomic E-state index is 0.0261. The molecule has 82 heavy (non-hydrogen) atoms. The molecule has 2 unspecified atom stereocenters. The van der Waals surface area contributed by atoms with Gasteiger partial charge in [0.05, 0.1) is 25.4 Å². The fourth-order valence-corrected chi connectivity index (χ4v) is 12.3. The van der Waals surface area contributed by atoms with Gasteiger partial charge in [-0.3, -0.25) is 9.59 Å². The third-order valence-electron chi connectivity index (χ3n) is 18.1. The van der Waals surface area contributed by atoms with Gasteiger partial charge in [-0.25, -0.2) is 0 Å². The van der Waals surface area contributed by atoms with Crippen molar-refractivity contribution in [2.45, 2.75) is 450 Å². The Kier molecular flexibility index (Phi) is 70.8. The summed E-state index contributed by atoms with van der Waals surface area (Å²) in [6, 6.07) is -0.537. The minimum Gasteiger partial charge on any atom is -0.466 e. The monoisotopic (exact) mass is 1160 g/mol. The van der Waals surface area contributed by atoms with Gasteiger partial charge in [0.2, 0.25) is 5.91 Å². The van der Waals surface area contributed by atoms with E-state index in [1.165, 1.54) is 366 Å². The lowest BCUT2D eigenvalue weighted by atomic mass is 10.0. The summed E-state index contributed by atoms with van der Waals surface area (Å²) in [5, 5.41) is 23.2. The van der Waals surface area contributed by atoms with E-state index in [9.17, 15) is 19.8 Å². The normalized spacial score (nSPS) is 12.5. The molecule has 3 N–H and O–H groups in total. The van der Waals surface area contributed by atoms with Crippen LogP contribution in [0.2, 0.25) is 0 Å². The zero-order valence-electron chi connectivity index (χ0n) is 56.0. The van der Waals surface area contributed by atoms with Gasteiger partial charge in [0.25, 0.3) is 0 Å². The number of esters is 1. The summed E-state index contributed by atoms with van der Waals surface area (Å²) in [6.45, 7) is 4.99. The largest absolute Gasteiger partial charge is 0.466 e. The number of aliphatic hydroxyl groups is 2. The fourth-order valence-electron chi connectivity index (χ4n) is 12.3. The zero-order chi connectivity index (χ0) is 59.2. The van der Waals surface area contributed by atoms with E-state index in [4.69, 9.17) is 4.74 Å². The highest BCUT2D eigenvalue weighted by atomic mass is 16.5. The van der Waals surface area contributed by atoms with Gasteiger partial charge in [-0.2, -0.15) is 0 Å². The summed E-state index contributed by atoms with van der Waals surface area (Å²) in [5.41, 5.74) is 0. The van der Waals surface area contributed by atoms with Gasteiger partial charge >= 0.3 is 5.97 Å². The van der Waals surface area contributed by atoms with E-state index in [1.807, 2.05) is 0 Å². The van der Waals surface area contributed by atoms with Crippen LogP contribution in [0.4, 0.5) is 0 Å². The Morgan fingerprint density at radius 3 is 0.866 bits per heavy atom. The lowest BCUT2D eigenvalue weighted by Crippen LogP contribution is -2.45. The molecule has 0 heterocycles. The Labute approximate surface area is 514 Å². The number of unbranched alkanes of at least 4 members (excludes halogenated alkanes) is 59. The first-order chi connectivity index (χ1) is 40.5. The standard InChI is InChI=1S/C76H149NO5/c1-3-5-7-9-11-13-15-16-17-18-36-40-43-46-50-54-58-62-66-70-76(81)82-71-67-63-59-55-51-47-44-41-38-35-33-31-29-27-25-23-21-19-20-22-24-26-28-30-32-34-37-39-42-45-49-53-57-61-65-69-75(80)77-73(72-78)74(79)68-64-60-56-52-48-14-12-10-8-6-4-2/h21,23,73-74,78-79H,3-20,22,24-72H2,1-2H3,(H,77,80)/b23-21-. The Morgan fingerprint density at radius 1 is 0.329 bits per heavy atom. The maximum Gasteiger partial charge on any atom is 0.305 e. The second kappa shape index (κ2) is 72.1. The van der Waals surface area contributed by atoms with Crippen molar-refractivity contribution in [2.75, 3.05) is 13.2 Å². The van der Waals surface area contributed by atoms with E-state index >= 15 is 0 Å². The molecule has 1 amide bonds. The van der Waals surface area contributed by atoms with Crippen LogP contribution in [0.15, 0.2) is 12.2 Å². The molecule has 0 aliphatic carbocycles. The topological polar surface area (TPSA) is 95.9 Å². The van der Waals surface area contributed by atoms with Crippen LogP contribution in [0.1, 0.15) is 438 Å². The van der Waals surface area contributed by atoms with Gasteiger partial charge < -0.3 is 20.3 Å². The van der Waals surface area contributed by atoms with E-state index in [0.29, 0.717) is 25.9 Å². The third-order valence-corrected chi connectivity index (χ3v) is 18.1. The van der Waals surface area contributed by atoms with Crippen molar-refractivity contribution in [3.8, 4) is 0 Å². The summed E-state index contributed by atoms with van der Waals surface area (Å²) < 4.78 is 5.52. The number of nitrogens with one attached hydrogen (secondary N) is 1. The van der Waals surface area contributed by atoms with Crippen LogP contribution in [-0.4, -0.2) is 47.4 Å². The molecule has 0 radical (unpaired) electrons. The van der Waals surface area contributed by atoms with Gasteiger partial charge in [-0.15, -0.1) is 0 Å². The minimum atomic E-state index is -0.659. The van der Waals surface area contributed by atoms with Crippen LogP contribution in [0.5, 0.6) is 0 Å². The molecule has 0 spiro atoms. The number of ether oxygens (including phenoxy) is 1. The maximum atomic E-state index is 12.5. The van der Waals surface area contributed by atoms with Crippen LogP contribution in [-0.2, 0) is 14.3 Å². The molecule has 0 saturated carbocycles. The number of hydrogen-bond acceptors (Lipinski definition) is 5. The molecule has 0 aromatic carbocycles. The quantitative estimate of drug-likeness (QED) is 0.0320. The Hall–Kier alpha value is -1.40. The number of rotatable bonds is 72. The van der Waals surface area contributed by atoms with Crippen molar-refractivity contribution < 1.29 is 24.5 Å². The number of carbonyl (C=O) groups is 2. The summed E-state index contributed by atoms with van der Waals surface area (Å²) in [6.07, 6.45) is 90.2. The fraction of sp³-hybridized carbons (Fsp3) is 0.947. The number of amides is 1. The Balaban J connectivity index is 3.29. The van der Waals surface area contributed by atoms with Crippen molar-refractivity contribution in [2.24, 2.45) is 0 Å². The highest BCUT2D eigenvalue weighted by Gasteiger charge is 2.20. The SMILES string of the molecule is CCCCCCCCCCCCCCCCCCCCCC(=O)OCCCCCCCCCCCCCCCC/C=C\CCCCCCCCCCCCCCCCCCCC(=O)NC(CO)C(O)CCCCCCCCCCCCC. The first kappa shape index (κ1) is 80.6. The molecule has 0 aliphatic heterocycles. The zero-order valence-corrected chi connectivity index (χ0v) is 56.0. The first-order valence-corrected chi connectivity index (χ1v) is 37.9. The highest BCUT2D eigenvalue weighted by Crippen LogP contribution is 2.20. The second-order valence-corrected chi connectivity index (χ2v) is 26.3. The summed E-state index contributed by atoms with van der Waals surface area (Å²) in [4.78, 5) is 24.6. The van der Waals surface area contributed by atoms with Crippen LogP contribution in [0, 0.1) is 0 Å².